The van der Waals surface area contributed by atoms with Crippen LogP contribution in [0.25, 0.3) is 32.4 Å². The molecule has 0 bridgehead atoms. The van der Waals surface area contributed by atoms with E-state index in [0.29, 0.717) is 35.0 Å². The number of hydrogen-bond donors (Lipinski definition) is 1. The average molecular weight is 379 g/mol. The molecule has 4 rings (SSSR count). The molecule has 144 valence electrons. The van der Waals surface area contributed by atoms with Crippen molar-refractivity contribution in [1.82, 2.24) is 4.98 Å². The van der Waals surface area contributed by atoms with Crippen molar-refractivity contribution in [1.29, 1.82) is 0 Å². The van der Waals surface area contributed by atoms with Crippen LogP contribution in [0.2, 0.25) is 0 Å². The van der Waals surface area contributed by atoms with Crippen LogP contribution in [0.4, 0.5) is 0 Å². The van der Waals surface area contributed by atoms with Crippen molar-refractivity contribution in [3.63, 3.8) is 0 Å². The van der Waals surface area contributed by atoms with Crippen LogP contribution in [0.15, 0.2) is 36.5 Å². The standard InChI is InChI=1S/C22H21NO5/c1-5-28-21-9-14-16(10-20(21)27-4)22-15(7-17(14)24)13-8-19(26-3)18(25-2)6-12(13)11-23-22/h6-11,24H,5H2,1-4H3. The molecule has 0 saturated heterocycles. The van der Waals surface area contributed by atoms with Gasteiger partial charge < -0.3 is 24.1 Å². The number of fused-ring (bicyclic) bond motifs is 5. The molecular weight excluding hydrogens is 358 g/mol. The van der Waals surface area contributed by atoms with Gasteiger partial charge in [0.15, 0.2) is 23.0 Å². The third-order valence-electron chi connectivity index (χ3n) is 4.85. The van der Waals surface area contributed by atoms with E-state index in [1.165, 1.54) is 0 Å². The Balaban J connectivity index is 2.11. The average Bonchev–Trinajstić information content (AvgIpc) is 2.72. The Morgan fingerprint density at radius 3 is 2.00 bits per heavy atom. The highest BCUT2D eigenvalue weighted by atomic mass is 16.5. The molecule has 4 aromatic rings. The van der Waals surface area contributed by atoms with Gasteiger partial charge >= 0.3 is 0 Å². The number of phenols is 1. The van der Waals surface area contributed by atoms with Gasteiger partial charge in [0.25, 0.3) is 0 Å². The van der Waals surface area contributed by atoms with E-state index in [2.05, 4.69) is 4.98 Å². The summed E-state index contributed by atoms with van der Waals surface area (Å²) in [7, 11) is 4.79. The third-order valence-corrected chi connectivity index (χ3v) is 4.85. The Hall–Kier alpha value is -3.41. The van der Waals surface area contributed by atoms with Crippen molar-refractivity contribution in [2.24, 2.45) is 0 Å². The molecule has 0 fully saturated rings. The highest BCUT2D eigenvalue weighted by Crippen LogP contribution is 2.42. The first kappa shape index (κ1) is 18.0. The minimum atomic E-state index is 0.148. The molecule has 0 aliphatic carbocycles. The molecule has 0 aliphatic heterocycles. The number of methoxy groups -OCH3 is 3. The molecule has 6 nitrogen and oxygen atoms in total. The molecule has 1 heterocycles. The second-order valence-corrected chi connectivity index (χ2v) is 6.33. The fourth-order valence-electron chi connectivity index (χ4n) is 3.54. The maximum Gasteiger partial charge on any atom is 0.161 e. The number of benzene rings is 3. The first-order valence-electron chi connectivity index (χ1n) is 8.92. The van der Waals surface area contributed by atoms with E-state index >= 15 is 0 Å². The summed E-state index contributed by atoms with van der Waals surface area (Å²) in [6.45, 7) is 2.40. The summed E-state index contributed by atoms with van der Waals surface area (Å²) in [5.74, 6) is 2.57. The van der Waals surface area contributed by atoms with Crippen LogP contribution in [-0.4, -0.2) is 38.0 Å². The monoisotopic (exact) mass is 379 g/mol. The van der Waals surface area contributed by atoms with Crippen LogP contribution >= 0.6 is 0 Å². The number of nitrogens with zero attached hydrogens (tertiary/aromatic N) is 1. The fraction of sp³-hybridized carbons (Fsp3) is 0.227. The summed E-state index contributed by atoms with van der Waals surface area (Å²) in [5.41, 5.74) is 0.758. The number of rotatable bonds is 5. The zero-order valence-electron chi connectivity index (χ0n) is 16.2. The topological polar surface area (TPSA) is 70.0 Å². The van der Waals surface area contributed by atoms with E-state index in [1.54, 1.807) is 39.7 Å². The molecule has 1 N–H and O–H groups in total. The lowest BCUT2D eigenvalue weighted by atomic mass is 10.00. The molecule has 0 spiro atoms. The van der Waals surface area contributed by atoms with Gasteiger partial charge in [-0.1, -0.05) is 0 Å². The Morgan fingerprint density at radius 1 is 0.750 bits per heavy atom. The zero-order chi connectivity index (χ0) is 19.8. The third kappa shape index (κ3) is 2.69. The maximum absolute atomic E-state index is 10.7. The zero-order valence-corrected chi connectivity index (χ0v) is 16.2. The van der Waals surface area contributed by atoms with Crippen molar-refractivity contribution in [2.75, 3.05) is 27.9 Å². The van der Waals surface area contributed by atoms with Crippen LogP contribution < -0.4 is 18.9 Å². The normalized spacial score (nSPS) is 11.1. The predicted molar refractivity (Wildman–Crippen MR) is 109 cm³/mol. The van der Waals surface area contributed by atoms with E-state index in [9.17, 15) is 5.11 Å². The van der Waals surface area contributed by atoms with E-state index in [-0.39, 0.29) is 5.75 Å². The summed E-state index contributed by atoms with van der Waals surface area (Å²) in [4.78, 5) is 4.66. The second-order valence-electron chi connectivity index (χ2n) is 6.33. The highest BCUT2D eigenvalue weighted by molar-refractivity contribution is 6.17. The summed E-state index contributed by atoms with van der Waals surface area (Å²) >= 11 is 0. The number of ether oxygens (including phenoxy) is 4. The fourth-order valence-corrected chi connectivity index (χ4v) is 3.54. The van der Waals surface area contributed by atoms with Crippen LogP contribution in [0, 0.1) is 0 Å². The Bertz CT molecular complexity index is 1200. The number of hydrogen-bond acceptors (Lipinski definition) is 6. The summed E-state index contributed by atoms with van der Waals surface area (Å²) < 4.78 is 22.0. The van der Waals surface area contributed by atoms with Crippen LogP contribution in [-0.2, 0) is 0 Å². The lowest BCUT2D eigenvalue weighted by molar-refractivity contribution is 0.311. The van der Waals surface area contributed by atoms with Crippen LogP contribution in [0.1, 0.15) is 6.92 Å². The lowest BCUT2D eigenvalue weighted by Crippen LogP contribution is -1.96. The lowest BCUT2D eigenvalue weighted by Gasteiger charge is -2.14. The minimum Gasteiger partial charge on any atom is -0.507 e. The molecule has 0 atom stereocenters. The Labute approximate surface area is 162 Å². The molecule has 1 aromatic heterocycles. The number of pyridine rings is 1. The predicted octanol–water partition coefficient (Wildman–Crippen LogP) is 4.67. The van der Waals surface area contributed by atoms with E-state index < -0.39 is 0 Å². The molecule has 0 radical (unpaired) electrons. The Kier molecular flexibility index (Phi) is 4.47. The van der Waals surface area contributed by atoms with Crippen LogP contribution in [0.3, 0.4) is 0 Å². The largest absolute Gasteiger partial charge is 0.507 e. The molecule has 6 heteroatoms. The maximum atomic E-state index is 10.7. The van der Waals surface area contributed by atoms with Gasteiger partial charge in [0.1, 0.15) is 5.75 Å². The van der Waals surface area contributed by atoms with Crippen molar-refractivity contribution in [3.05, 3.63) is 36.5 Å². The van der Waals surface area contributed by atoms with Crippen molar-refractivity contribution < 1.29 is 24.1 Å². The van der Waals surface area contributed by atoms with Crippen molar-refractivity contribution in [3.8, 4) is 28.7 Å². The van der Waals surface area contributed by atoms with Gasteiger partial charge in [-0.05, 0) is 42.6 Å². The first-order valence-corrected chi connectivity index (χ1v) is 8.92. The highest BCUT2D eigenvalue weighted by Gasteiger charge is 2.16. The molecule has 0 unspecified atom stereocenters. The van der Waals surface area contributed by atoms with Crippen molar-refractivity contribution >= 4 is 32.4 Å². The first-order chi connectivity index (χ1) is 13.6. The molecule has 28 heavy (non-hydrogen) atoms. The van der Waals surface area contributed by atoms with Gasteiger partial charge in [0, 0.05) is 27.7 Å². The number of aromatic nitrogens is 1. The SMILES string of the molecule is CCOc1cc2c(O)cc3c4cc(OC)c(OC)cc4cnc3c2cc1OC. The van der Waals surface area contributed by atoms with E-state index in [1.807, 2.05) is 25.1 Å². The molecular formula is C22H21NO5. The second kappa shape index (κ2) is 6.96. The van der Waals surface area contributed by atoms with E-state index in [4.69, 9.17) is 18.9 Å². The van der Waals surface area contributed by atoms with E-state index in [0.717, 1.165) is 27.1 Å². The quantitative estimate of drug-likeness (QED) is 0.508. The number of aromatic hydroxyl groups is 1. The minimum absolute atomic E-state index is 0.148. The smallest absolute Gasteiger partial charge is 0.161 e. The van der Waals surface area contributed by atoms with Gasteiger partial charge in [0.05, 0.1) is 33.5 Å². The van der Waals surface area contributed by atoms with Gasteiger partial charge in [-0.15, -0.1) is 0 Å². The van der Waals surface area contributed by atoms with Gasteiger partial charge in [-0.3, -0.25) is 4.98 Å². The molecule has 0 amide bonds. The molecule has 0 saturated carbocycles. The number of phenolic OH excluding ortho intramolecular Hbond substituents is 1. The van der Waals surface area contributed by atoms with Gasteiger partial charge in [-0.25, -0.2) is 0 Å². The van der Waals surface area contributed by atoms with Crippen LogP contribution in [0.5, 0.6) is 28.7 Å². The Morgan fingerprint density at radius 2 is 1.32 bits per heavy atom. The molecule has 3 aromatic carbocycles. The summed E-state index contributed by atoms with van der Waals surface area (Å²) in [5, 5.41) is 14.8. The summed E-state index contributed by atoms with van der Waals surface area (Å²) in [6.07, 6.45) is 1.79. The van der Waals surface area contributed by atoms with Gasteiger partial charge in [0.2, 0.25) is 0 Å². The molecule has 0 aliphatic rings. The summed E-state index contributed by atoms with van der Waals surface area (Å²) in [6, 6.07) is 9.13. The van der Waals surface area contributed by atoms with Crippen molar-refractivity contribution in [2.45, 2.75) is 6.92 Å². The van der Waals surface area contributed by atoms with Gasteiger partial charge in [-0.2, -0.15) is 0 Å².